The van der Waals surface area contributed by atoms with E-state index in [9.17, 15) is 9.59 Å². The number of rotatable bonds is 4. The Morgan fingerprint density at radius 3 is 2.64 bits per heavy atom. The van der Waals surface area contributed by atoms with Crippen LogP contribution in [0.5, 0.6) is 0 Å². The molecule has 1 rings (SSSR count). The maximum atomic E-state index is 10.9. The number of aldehydes is 1. The maximum Gasteiger partial charge on any atom is 0.331 e. The van der Waals surface area contributed by atoms with Crippen molar-refractivity contribution in [3.8, 4) is 0 Å². The van der Waals surface area contributed by atoms with E-state index in [0.29, 0.717) is 6.29 Å². The molecule has 72 valence electrons. The summed E-state index contributed by atoms with van der Waals surface area (Å²) >= 11 is 0. The summed E-state index contributed by atoms with van der Waals surface area (Å²) in [5.41, 5.74) is 0.917. The maximum absolute atomic E-state index is 10.9. The minimum absolute atomic E-state index is 0.225. The fraction of sp³-hybridized carbons (Fsp3) is 0.0909. The Morgan fingerprint density at radius 2 is 2.00 bits per heavy atom. The van der Waals surface area contributed by atoms with Crippen LogP contribution < -0.4 is 0 Å². The van der Waals surface area contributed by atoms with Gasteiger partial charge in [-0.2, -0.15) is 0 Å². The quantitative estimate of drug-likeness (QED) is 0.410. The molecule has 0 spiro atoms. The number of hydrogen-bond acceptors (Lipinski definition) is 3. The molecular formula is C11H10O3. The van der Waals surface area contributed by atoms with E-state index >= 15 is 0 Å². The van der Waals surface area contributed by atoms with Crippen molar-refractivity contribution in [3.05, 3.63) is 48.0 Å². The second-order valence-corrected chi connectivity index (χ2v) is 2.59. The van der Waals surface area contributed by atoms with Crippen molar-refractivity contribution in [2.45, 2.75) is 6.61 Å². The molecule has 0 amide bonds. The number of hydrogen-bond donors (Lipinski definition) is 0. The molecule has 3 nitrogen and oxygen atoms in total. The lowest BCUT2D eigenvalue weighted by Crippen LogP contribution is -2.00. The van der Waals surface area contributed by atoms with Crippen molar-refractivity contribution in [2.75, 3.05) is 0 Å². The van der Waals surface area contributed by atoms with Crippen molar-refractivity contribution in [1.82, 2.24) is 0 Å². The van der Waals surface area contributed by atoms with Gasteiger partial charge in [-0.05, 0) is 11.6 Å². The molecule has 0 aliphatic rings. The molecular weight excluding hydrogens is 180 g/mol. The number of carbonyl (C=O) groups is 2. The van der Waals surface area contributed by atoms with Gasteiger partial charge in [0.2, 0.25) is 0 Å². The smallest absolute Gasteiger partial charge is 0.331 e. The molecule has 14 heavy (non-hydrogen) atoms. The highest BCUT2D eigenvalue weighted by Gasteiger charge is 1.96. The SMILES string of the molecule is O=CC=CC(=O)OCc1ccccc1. The van der Waals surface area contributed by atoms with Crippen molar-refractivity contribution in [1.29, 1.82) is 0 Å². The van der Waals surface area contributed by atoms with Crippen LogP contribution in [0.1, 0.15) is 5.56 Å². The first-order valence-electron chi connectivity index (χ1n) is 4.15. The molecule has 0 saturated heterocycles. The summed E-state index contributed by atoms with van der Waals surface area (Å²) in [6.07, 6.45) is 2.73. The highest BCUT2D eigenvalue weighted by atomic mass is 16.5. The second-order valence-electron chi connectivity index (χ2n) is 2.59. The van der Waals surface area contributed by atoms with E-state index in [1.54, 1.807) is 0 Å². The average molecular weight is 190 g/mol. The Hall–Kier alpha value is -1.90. The monoisotopic (exact) mass is 190 g/mol. The van der Waals surface area contributed by atoms with Gasteiger partial charge in [0, 0.05) is 6.08 Å². The minimum atomic E-state index is -0.513. The minimum Gasteiger partial charge on any atom is -0.458 e. The summed E-state index contributed by atoms with van der Waals surface area (Å²) in [6.45, 7) is 0.225. The van der Waals surface area contributed by atoms with Gasteiger partial charge in [0.05, 0.1) is 0 Å². The Bertz CT molecular complexity index is 328. The number of ether oxygens (including phenoxy) is 1. The third-order valence-electron chi connectivity index (χ3n) is 1.53. The molecule has 0 aliphatic heterocycles. The summed E-state index contributed by atoms with van der Waals surface area (Å²) in [7, 11) is 0. The van der Waals surface area contributed by atoms with Gasteiger partial charge >= 0.3 is 5.97 Å². The first kappa shape index (κ1) is 10.2. The Morgan fingerprint density at radius 1 is 1.29 bits per heavy atom. The highest BCUT2D eigenvalue weighted by molar-refractivity contribution is 5.86. The van der Waals surface area contributed by atoms with E-state index in [1.165, 1.54) is 0 Å². The number of esters is 1. The van der Waals surface area contributed by atoms with Gasteiger partial charge < -0.3 is 4.74 Å². The third-order valence-corrected chi connectivity index (χ3v) is 1.53. The van der Waals surface area contributed by atoms with E-state index < -0.39 is 5.97 Å². The molecule has 1 aromatic rings. The van der Waals surface area contributed by atoms with Crippen LogP contribution >= 0.6 is 0 Å². The van der Waals surface area contributed by atoms with Crippen LogP contribution in [-0.2, 0) is 20.9 Å². The molecule has 0 atom stereocenters. The standard InChI is InChI=1S/C11H10O3/c12-8-4-7-11(13)14-9-10-5-2-1-3-6-10/h1-8H,9H2. The largest absolute Gasteiger partial charge is 0.458 e. The van der Waals surface area contributed by atoms with Gasteiger partial charge in [-0.1, -0.05) is 30.3 Å². The van der Waals surface area contributed by atoms with Crippen LogP contribution in [-0.4, -0.2) is 12.3 Å². The fourth-order valence-electron chi connectivity index (χ4n) is 0.895. The van der Waals surface area contributed by atoms with Crippen LogP contribution in [0.3, 0.4) is 0 Å². The zero-order valence-corrected chi connectivity index (χ0v) is 7.55. The molecule has 1 aromatic carbocycles. The number of carbonyl (C=O) groups excluding carboxylic acids is 2. The van der Waals surface area contributed by atoms with E-state index in [4.69, 9.17) is 4.74 Å². The first-order valence-corrected chi connectivity index (χ1v) is 4.15. The van der Waals surface area contributed by atoms with Crippen molar-refractivity contribution >= 4 is 12.3 Å². The average Bonchev–Trinajstić information content (AvgIpc) is 2.25. The van der Waals surface area contributed by atoms with E-state index in [1.807, 2.05) is 30.3 Å². The molecule has 3 heteroatoms. The second kappa shape index (κ2) is 5.70. The molecule has 0 saturated carbocycles. The lowest BCUT2D eigenvalue weighted by molar-refractivity contribution is -0.139. The van der Waals surface area contributed by atoms with Gasteiger partial charge in [-0.25, -0.2) is 4.79 Å². The van der Waals surface area contributed by atoms with Crippen LogP contribution in [0, 0.1) is 0 Å². The van der Waals surface area contributed by atoms with E-state index in [0.717, 1.165) is 17.7 Å². The zero-order chi connectivity index (χ0) is 10.2. The van der Waals surface area contributed by atoms with Crippen molar-refractivity contribution in [3.63, 3.8) is 0 Å². The Kier molecular flexibility index (Phi) is 4.14. The topological polar surface area (TPSA) is 43.4 Å². The molecule has 0 aliphatic carbocycles. The van der Waals surface area contributed by atoms with Crippen molar-refractivity contribution < 1.29 is 14.3 Å². The predicted octanol–water partition coefficient (Wildman–Crippen LogP) is 1.48. The molecule has 0 aromatic heterocycles. The molecule has 0 fully saturated rings. The lowest BCUT2D eigenvalue weighted by Gasteiger charge is -2.00. The summed E-state index contributed by atoms with van der Waals surface area (Å²) < 4.78 is 4.85. The van der Waals surface area contributed by atoms with Crippen LogP contribution in [0.2, 0.25) is 0 Å². The normalized spacial score (nSPS) is 10.0. The van der Waals surface area contributed by atoms with Crippen LogP contribution in [0.4, 0.5) is 0 Å². The summed E-state index contributed by atoms with van der Waals surface area (Å²) in [5, 5.41) is 0. The number of allylic oxidation sites excluding steroid dienone is 1. The lowest BCUT2D eigenvalue weighted by atomic mass is 10.2. The van der Waals surface area contributed by atoms with E-state index in [2.05, 4.69) is 0 Å². The highest BCUT2D eigenvalue weighted by Crippen LogP contribution is 2.00. The molecule has 0 unspecified atom stereocenters. The zero-order valence-electron chi connectivity index (χ0n) is 7.55. The number of benzene rings is 1. The first-order chi connectivity index (χ1) is 6.83. The van der Waals surface area contributed by atoms with Crippen LogP contribution in [0.15, 0.2) is 42.5 Å². The molecule has 0 bridgehead atoms. The Labute approximate surface area is 82.0 Å². The van der Waals surface area contributed by atoms with Gasteiger partial charge in [-0.15, -0.1) is 0 Å². The molecule has 0 radical (unpaired) electrons. The fourth-order valence-corrected chi connectivity index (χ4v) is 0.895. The van der Waals surface area contributed by atoms with Crippen molar-refractivity contribution in [2.24, 2.45) is 0 Å². The third kappa shape index (κ3) is 3.67. The predicted molar refractivity (Wildman–Crippen MR) is 51.4 cm³/mol. The van der Waals surface area contributed by atoms with Crippen LogP contribution in [0.25, 0.3) is 0 Å². The van der Waals surface area contributed by atoms with Gasteiger partial charge in [0.15, 0.2) is 0 Å². The van der Waals surface area contributed by atoms with Gasteiger partial charge in [0.25, 0.3) is 0 Å². The summed E-state index contributed by atoms with van der Waals surface area (Å²) in [5.74, 6) is -0.513. The van der Waals surface area contributed by atoms with E-state index in [-0.39, 0.29) is 6.61 Å². The summed E-state index contributed by atoms with van der Waals surface area (Å²) in [4.78, 5) is 20.8. The Balaban J connectivity index is 2.38. The van der Waals surface area contributed by atoms with Gasteiger partial charge in [-0.3, -0.25) is 4.79 Å². The molecule has 0 N–H and O–H groups in total. The summed E-state index contributed by atoms with van der Waals surface area (Å²) in [6, 6.07) is 9.33. The molecule has 0 heterocycles. The van der Waals surface area contributed by atoms with Gasteiger partial charge in [0.1, 0.15) is 12.9 Å².